The number of ether oxygens (including phenoxy) is 1. The first kappa shape index (κ1) is 9.34. The van der Waals surface area contributed by atoms with Crippen molar-refractivity contribution < 1.29 is 9.84 Å². The van der Waals surface area contributed by atoms with Crippen LogP contribution in [0.4, 0.5) is 0 Å². The fourth-order valence-corrected chi connectivity index (χ4v) is 1.85. The summed E-state index contributed by atoms with van der Waals surface area (Å²) in [6.45, 7) is 0.696. The number of rotatable bonds is 3. The van der Waals surface area contributed by atoms with Crippen LogP contribution < -0.4 is 10.5 Å². The van der Waals surface area contributed by atoms with Gasteiger partial charge in [0.25, 0.3) is 0 Å². The summed E-state index contributed by atoms with van der Waals surface area (Å²) in [6, 6.07) is 5.34. The molecule has 0 bridgehead atoms. The predicted octanol–water partition coefficient (Wildman–Crippen LogP) is 1.46. The molecule has 1 fully saturated rings. The van der Waals surface area contributed by atoms with Crippen LogP contribution in [-0.4, -0.2) is 18.8 Å². The average Bonchev–Trinajstić information content (AvgIpc) is 2.98. The summed E-state index contributed by atoms with van der Waals surface area (Å²) in [5.41, 5.74) is 6.54. The van der Waals surface area contributed by atoms with Crippen molar-refractivity contribution in [2.24, 2.45) is 11.7 Å². The molecule has 1 saturated carbocycles. The summed E-state index contributed by atoms with van der Waals surface area (Å²) in [7, 11) is 1.63. The van der Waals surface area contributed by atoms with E-state index in [0.29, 0.717) is 24.1 Å². The minimum atomic E-state index is 0.353. The van der Waals surface area contributed by atoms with E-state index in [9.17, 15) is 5.11 Å². The highest BCUT2D eigenvalue weighted by atomic mass is 16.5. The molecule has 3 nitrogen and oxygen atoms in total. The first-order chi connectivity index (χ1) is 6.76. The monoisotopic (exact) mass is 193 g/mol. The number of phenolic OH excluding ortho intramolecular Hbond substituents is 1. The van der Waals surface area contributed by atoms with E-state index in [1.54, 1.807) is 19.2 Å². The van der Waals surface area contributed by atoms with Crippen molar-refractivity contribution in [2.75, 3.05) is 13.7 Å². The molecule has 2 atom stereocenters. The van der Waals surface area contributed by atoms with E-state index in [2.05, 4.69) is 0 Å². The fraction of sp³-hybridized carbons (Fsp3) is 0.455. The van der Waals surface area contributed by atoms with Crippen LogP contribution in [0.5, 0.6) is 11.5 Å². The zero-order chi connectivity index (χ0) is 10.1. The van der Waals surface area contributed by atoms with Crippen LogP contribution >= 0.6 is 0 Å². The van der Waals surface area contributed by atoms with Gasteiger partial charge < -0.3 is 15.6 Å². The van der Waals surface area contributed by atoms with Gasteiger partial charge in [0, 0.05) is 5.56 Å². The minimum Gasteiger partial charge on any atom is -0.508 e. The second-order valence-electron chi connectivity index (χ2n) is 3.76. The topological polar surface area (TPSA) is 55.5 Å². The third-order valence-corrected chi connectivity index (χ3v) is 2.86. The van der Waals surface area contributed by atoms with E-state index in [0.717, 1.165) is 17.7 Å². The van der Waals surface area contributed by atoms with Crippen LogP contribution in [0.1, 0.15) is 17.9 Å². The Morgan fingerprint density at radius 3 is 2.93 bits per heavy atom. The smallest absolute Gasteiger partial charge is 0.119 e. The molecule has 1 aliphatic carbocycles. The molecular formula is C11H15NO2. The molecular weight excluding hydrogens is 178 g/mol. The van der Waals surface area contributed by atoms with Gasteiger partial charge in [0.15, 0.2) is 0 Å². The van der Waals surface area contributed by atoms with E-state index in [1.807, 2.05) is 6.07 Å². The number of hydrogen-bond donors (Lipinski definition) is 2. The van der Waals surface area contributed by atoms with Crippen LogP contribution in [0, 0.1) is 5.92 Å². The molecule has 0 aliphatic heterocycles. The van der Waals surface area contributed by atoms with E-state index in [1.165, 1.54) is 0 Å². The average molecular weight is 193 g/mol. The highest BCUT2D eigenvalue weighted by molar-refractivity contribution is 5.44. The zero-order valence-electron chi connectivity index (χ0n) is 8.23. The first-order valence-corrected chi connectivity index (χ1v) is 4.83. The quantitative estimate of drug-likeness (QED) is 0.764. The molecule has 0 amide bonds. The van der Waals surface area contributed by atoms with Crippen molar-refractivity contribution >= 4 is 0 Å². The van der Waals surface area contributed by atoms with Crippen molar-refractivity contribution in [1.29, 1.82) is 0 Å². The van der Waals surface area contributed by atoms with Gasteiger partial charge in [0.2, 0.25) is 0 Å². The zero-order valence-corrected chi connectivity index (χ0v) is 8.23. The summed E-state index contributed by atoms with van der Waals surface area (Å²) in [5, 5.41) is 9.66. The summed E-state index contributed by atoms with van der Waals surface area (Å²) in [6.07, 6.45) is 1.08. The van der Waals surface area contributed by atoms with E-state index < -0.39 is 0 Å². The van der Waals surface area contributed by atoms with Gasteiger partial charge in [-0.25, -0.2) is 0 Å². The van der Waals surface area contributed by atoms with Gasteiger partial charge in [-0.05, 0) is 43.0 Å². The van der Waals surface area contributed by atoms with Gasteiger partial charge in [0.1, 0.15) is 11.5 Å². The number of nitrogens with two attached hydrogens (primary N) is 1. The number of benzene rings is 1. The van der Waals surface area contributed by atoms with E-state index in [-0.39, 0.29) is 0 Å². The second kappa shape index (κ2) is 3.50. The largest absolute Gasteiger partial charge is 0.508 e. The maximum Gasteiger partial charge on any atom is 0.119 e. The van der Waals surface area contributed by atoms with Gasteiger partial charge >= 0.3 is 0 Å². The lowest BCUT2D eigenvalue weighted by Crippen LogP contribution is -2.02. The Hall–Kier alpha value is -1.22. The Bertz CT molecular complexity index is 338. The maximum atomic E-state index is 9.66. The standard InChI is InChI=1S/C11H15NO2/c1-14-8-2-3-11(13)10(5-8)9-4-7(9)6-12/h2-3,5,7,9,13H,4,6,12H2,1H3/t7-,9+/m0/s1. The third-order valence-electron chi connectivity index (χ3n) is 2.86. The Balaban J connectivity index is 2.24. The van der Waals surface area contributed by atoms with Crippen molar-refractivity contribution in [1.82, 2.24) is 0 Å². The summed E-state index contributed by atoms with van der Waals surface area (Å²) in [4.78, 5) is 0. The van der Waals surface area contributed by atoms with Gasteiger partial charge in [0.05, 0.1) is 7.11 Å². The molecule has 0 aromatic heterocycles. The molecule has 1 aromatic carbocycles. The van der Waals surface area contributed by atoms with Crippen molar-refractivity contribution in [3.8, 4) is 11.5 Å². The normalized spacial score (nSPS) is 24.7. The summed E-state index contributed by atoms with van der Waals surface area (Å²) < 4.78 is 5.11. The lowest BCUT2D eigenvalue weighted by atomic mass is 10.1. The number of hydrogen-bond acceptors (Lipinski definition) is 3. The van der Waals surface area contributed by atoms with Crippen molar-refractivity contribution in [3.05, 3.63) is 23.8 Å². The fourth-order valence-electron chi connectivity index (χ4n) is 1.85. The molecule has 3 N–H and O–H groups in total. The maximum absolute atomic E-state index is 9.66. The Morgan fingerprint density at radius 2 is 2.36 bits per heavy atom. The number of aromatic hydroxyl groups is 1. The Kier molecular flexibility index (Phi) is 2.33. The Labute approximate surface area is 83.5 Å². The van der Waals surface area contributed by atoms with Gasteiger partial charge in [-0.2, -0.15) is 0 Å². The molecule has 1 aromatic rings. The SMILES string of the molecule is COc1ccc(O)c([C@@H]2C[C@H]2CN)c1. The summed E-state index contributed by atoms with van der Waals surface area (Å²) >= 11 is 0. The van der Waals surface area contributed by atoms with E-state index in [4.69, 9.17) is 10.5 Å². The van der Waals surface area contributed by atoms with Gasteiger partial charge in [-0.1, -0.05) is 0 Å². The lowest BCUT2D eigenvalue weighted by molar-refractivity contribution is 0.410. The molecule has 3 heteroatoms. The highest BCUT2D eigenvalue weighted by Gasteiger charge is 2.38. The van der Waals surface area contributed by atoms with Crippen LogP contribution in [0.15, 0.2) is 18.2 Å². The minimum absolute atomic E-state index is 0.353. The predicted molar refractivity (Wildman–Crippen MR) is 54.6 cm³/mol. The molecule has 0 radical (unpaired) electrons. The van der Waals surface area contributed by atoms with Gasteiger partial charge in [-0.3, -0.25) is 0 Å². The van der Waals surface area contributed by atoms with Crippen LogP contribution in [0.25, 0.3) is 0 Å². The molecule has 2 rings (SSSR count). The molecule has 14 heavy (non-hydrogen) atoms. The molecule has 1 aliphatic rings. The van der Waals surface area contributed by atoms with Crippen LogP contribution in [0.2, 0.25) is 0 Å². The molecule has 0 saturated heterocycles. The third kappa shape index (κ3) is 1.55. The number of methoxy groups -OCH3 is 1. The molecule has 76 valence electrons. The molecule has 0 unspecified atom stereocenters. The van der Waals surface area contributed by atoms with Crippen LogP contribution in [-0.2, 0) is 0 Å². The van der Waals surface area contributed by atoms with Crippen LogP contribution in [0.3, 0.4) is 0 Å². The van der Waals surface area contributed by atoms with E-state index >= 15 is 0 Å². The van der Waals surface area contributed by atoms with Crippen molar-refractivity contribution in [3.63, 3.8) is 0 Å². The number of phenols is 1. The molecule has 0 heterocycles. The van der Waals surface area contributed by atoms with Crippen molar-refractivity contribution in [2.45, 2.75) is 12.3 Å². The lowest BCUT2D eigenvalue weighted by Gasteiger charge is -2.06. The Morgan fingerprint density at radius 1 is 1.57 bits per heavy atom. The summed E-state index contributed by atoms with van der Waals surface area (Å²) in [5.74, 6) is 2.11. The first-order valence-electron chi connectivity index (χ1n) is 4.83. The molecule has 0 spiro atoms. The highest BCUT2D eigenvalue weighted by Crippen LogP contribution is 2.50. The second-order valence-corrected chi connectivity index (χ2v) is 3.76. The van der Waals surface area contributed by atoms with Gasteiger partial charge in [-0.15, -0.1) is 0 Å².